The molecule has 6 nitrogen and oxygen atoms in total. The smallest absolute Gasteiger partial charge is 0.339 e. The van der Waals surface area contributed by atoms with Crippen LogP contribution in [0.2, 0.25) is 5.02 Å². The van der Waals surface area contributed by atoms with E-state index in [2.05, 4.69) is 0 Å². The summed E-state index contributed by atoms with van der Waals surface area (Å²) in [6, 6.07) is 1.76. The van der Waals surface area contributed by atoms with Crippen LogP contribution >= 0.6 is 11.6 Å². The number of ether oxygens (including phenoxy) is 1. The molecule has 4 rings (SSSR count). The van der Waals surface area contributed by atoms with Gasteiger partial charge in [-0.05, 0) is 38.8 Å². The molecule has 2 aromatic rings. The maximum atomic E-state index is 12.2. The molecule has 0 radical (unpaired) electrons. The second kappa shape index (κ2) is 5.71. The van der Waals surface area contributed by atoms with Gasteiger partial charge >= 0.3 is 5.63 Å². The number of aryl methyl sites for hydroxylation is 1. The third kappa shape index (κ3) is 2.64. The highest BCUT2D eigenvalue weighted by Crippen LogP contribution is 2.42. The van der Waals surface area contributed by atoms with Gasteiger partial charge in [0.25, 0.3) is 0 Å². The van der Waals surface area contributed by atoms with Crippen molar-refractivity contribution in [1.82, 2.24) is 4.90 Å². The number of benzene rings is 1. The van der Waals surface area contributed by atoms with Gasteiger partial charge in [-0.3, -0.25) is 4.90 Å². The lowest BCUT2D eigenvalue weighted by Crippen LogP contribution is -2.50. The maximum Gasteiger partial charge on any atom is 0.339 e. The van der Waals surface area contributed by atoms with Gasteiger partial charge in [0.1, 0.15) is 18.1 Å². The Bertz CT molecular complexity index is 1090. The van der Waals surface area contributed by atoms with E-state index in [0.29, 0.717) is 40.4 Å². The molecule has 140 valence electrons. The largest absolute Gasteiger partial charge is 0.476 e. The molecule has 0 bridgehead atoms. The molecule has 8 heteroatoms. The molecule has 1 aromatic carbocycles. The predicted octanol–water partition coefficient (Wildman–Crippen LogP) is 2.79. The van der Waals surface area contributed by atoms with E-state index in [1.807, 2.05) is 18.7 Å². The zero-order valence-corrected chi connectivity index (χ0v) is 16.5. The van der Waals surface area contributed by atoms with Crippen LogP contribution in [0.5, 0.6) is 5.75 Å². The lowest BCUT2D eigenvalue weighted by molar-refractivity contribution is 0.0164. The first kappa shape index (κ1) is 17.8. The predicted molar refractivity (Wildman–Crippen MR) is 99.7 cm³/mol. The zero-order valence-electron chi connectivity index (χ0n) is 14.9. The molecule has 2 aliphatic heterocycles. The molecular formula is C18H20ClNO5S. The second-order valence-corrected chi connectivity index (χ2v) is 10.1. The van der Waals surface area contributed by atoms with Crippen LogP contribution in [-0.2, 0) is 16.4 Å². The lowest BCUT2D eigenvalue weighted by atomic mass is 9.96. The summed E-state index contributed by atoms with van der Waals surface area (Å²) in [7, 11) is -3.05. The Balaban J connectivity index is 1.86. The van der Waals surface area contributed by atoms with Crippen LogP contribution in [0.3, 0.4) is 0 Å². The maximum absolute atomic E-state index is 12.2. The summed E-state index contributed by atoms with van der Waals surface area (Å²) in [6.07, 6.45) is 0.550. The van der Waals surface area contributed by atoms with E-state index in [9.17, 15) is 13.2 Å². The highest BCUT2D eigenvalue weighted by molar-refractivity contribution is 7.91. The van der Waals surface area contributed by atoms with Crippen molar-refractivity contribution < 1.29 is 17.6 Å². The van der Waals surface area contributed by atoms with Crippen molar-refractivity contribution in [3.8, 4) is 5.75 Å². The molecule has 0 spiro atoms. The van der Waals surface area contributed by atoms with Crippen molar-refractivity contribution in [2.45, 2.75) is 39.3 Å². The van der Waals surface area contributed by atoms with E-state index in [1.165, 1.54) is 0 Å². The first-order valence-electron chi connectivity index (χ1n) is 8.45. The molecule has 1 atom stereocenters. The van der Waals surface area contributed by atoms with Gasteiger partial charge in [-0.25, -0.2) is 13.2 Å². The van der Waals surface area contributed by atoms with Gasteiger partial charge in [0.15, 0.2) is 9.84 Å². The van der Waals surface area contributed by atoms with E-state index in [4.69, 9.17) is 20.8 Å². The van der Waals surface area contributed by atoms with Crippen molar-refractivity contribution in [2.75, 3.05) is 18.2 Å². The SMILES string of the molecule is Cc1c(C)c2cc(Cl)c3c(c2oc1=O)CN(C1(C)CCS(=O)(=O)C1)CO3. The number of fused-ring (bicyclic) bond motifs is 3. The summed E-state index contributed by atoms with van der Waals surface area (Å²) in [5, 5.41) is 1.24. The summed E-state index contributed by atoms with van der Waals surface area (Å²) in [6.45, 7) is 6.19. The number of rotatable bonds is 1. The van der Waals surface area contributed by atoms with Gasteiger partial charge in [0, 0.05) is 23.0 Å². The Labute approximate surface area is 156 Å². The van der Waals surface area contributed by atoms with Crippen LogP contribution in [0.4, 0.5) is 0 Å². The standard InChI is InChI=1S/C18H20ClNO5S/c1-10-11(2)17(21)25-15-12(10)6-14(19)16-13(15)7-20(9-24-16)18(3)4-5-26(22,23)8-18/h6H,4-5,7-9H2,1-3H3. The monoisotopic (exact) mass is 397 g/mol. The van der Waals surface area contributed by atoms with Crippen molar-refractivity contribution in [2.24, 2.45) is 0 Å². The Morgan fingerprint density at radius 3 is 2.65 bits per heavy atom. The fourth-order valence-corrected chi connectivity index (χ4v) is 6.30. The molecule has 1 saturated heterocycles. The van der Waals surface area contributed by atoms with Crippen LogP contribution in [0, 0.1) is 13.8 Å². The average Bonchev–Trinajstić information content (AvgIpc) is 2.88. The van der Waals surface area contributed by atoms with E-state index < -0.39 is 15.4 Å². The minimum atomic E-state index is -3.05. The van der Waals surface area contributed by atoms with Crippen LogP contribution in [0.25, 0.3) is 11.0 Å². The molecule has 0 aliphatic carbocycles. The second-order valence-electron chi connectivity index (χ2n) is 7.49. The lowest BCUT2D eigenvalue weighted by Gasteiger charge is -2.40. The molecule has 1 fully saturated rings. The number of sulfone groups is 1. The van der Waals surface area contributed by atoms with Crippen molar-refractivity contribution in [3.05, 3.63) is 38.2 Å². The van der Waals surface area contributed by atoms with Crippen molar-refractivity contribution >= 4 is 32.4 Å². The molecule has 0 N–H and O–H groups in total. The summed E-state index contributed by atoms with van der Waals surface area (Å²) in [5.74, 6) is 0.779. The molecule has 0 amide bonds. The normalized spacial score (nSPS) is 25.2. The minimum absolute atomic E-state index is 0.0965. The summed E-state index contributed by atoms with van der Waals surface area (Å²) in [4.78, 5) is 14.2. The number of hydrogen-bond donors (Lipinski definition) is 0. The molecule has 3 heterocycles. The van der Waals surface area contributed by atoms with Gasteiger partial charge < -0.3 is 9.15 Å². The van der Waals surface area contributed by atoms with Gasteiger partial charge in [-0.15, -0.1) is 0 Å². The van der Waals surface area contributed by atoms with E-state index in [1.54, 1.807) is 13.0 Å². The molecular weight excluding hydrogens is 378 g/mol. The molecule has 0 saturated carbocycles. The van der Waals surface area contributed by atoms with Crippen molar-refractivity contribution in [3.63, 3.8) is 0 Å². The molecule has 1 aromatic heterocycles. The zero-order chi connectivity index (χ0) is 18.9. The Kier molecular flexibility index (Phi) is 3.92. The quantitative estimate of drug-likeness (QED) is 0.688. The Morgan fingerprint density at radius 2 is 2.00 bits per heavy atom. The Hall–Kier alpha value is -1.57. The molecule has 26 heavy (non-hydrogen) atoms. The topological polar surface area (TPSA) is 76.8 Å². The van der Waals surface area contributed by atoms with E-state index in [0.717, 1.165) is 10.9 Å². The van der Waals surface area contributed by atoms with Crippen LogP contribution in [-0.4, -0.2) is 37.1 Å². The third-order valence-corrected chi connectivity index (χ3v) is 7.88. The number of halogens is 1. The average molecular weight is 398 g/mol. The molecule has 2 aliphatic rings. The first-order valence-corrected chi connectivity index (χ1v) is 10.6. The summed E-state index contributed by atoms with van der Waals surface area (Å²) >= 11 is 6.41. The fraction of sp³-hybridized carbons (Fsp3) is 0.500. The van der Waals surface area contributed by atoms with Crippen LogP contribution in [0.15, 0.2) is 15.3 Å². The fourth-order valence-electron chi connectivity index (χ4n) is 3.86. The highest BCUT2D eigenvalue weighted by Gasteiger charge is 2.44. The summed E-state index contributed by atoms with van der Waals surface area (Å²) in [5.41, 5.74) is 1.65. The van der Waals surface area contributed by atoms with E-state index in [-0.39, 0.29) is 23.9 Å². The Morgan fingerprint density at radius 1 is 1.27 bits per heavy atom. The first-order chi connectivity index (χ1) is 12.1. The van der Waals surface area contributed by atoms with Gasteiger partial charge in [-0.1, -0.05) is 11.6 Å². The van der Waals surface area contributed by atoms with Gasteiger partial charge in [0.05, 0.1) is 22.1 Å². The number of nitrogens with zero attached hydrogens (tertiary/aromatic N) is 1. The van der Waals surface area contributed by atoms with Crippen molar-refractivity contribution in [1.29, 1.82) is 0 Å². The van der Waals surface area contributed by atoms with E-state index >= 15 is 0 Å². The minimum Gasteiger partial charge on any atom is -0.476 e. The van der Waals surface area contributed by atoms with Crippen LogP contribution < -0.4 is 10.4 Å². The highest BCUT2D eigenvalue weighted by atomic mass is 35.5. The summed E-state index contributed by atoms with van der Waals surface area (Å²) < 4.78 is 35.4. The third-order valence-electron chi connectivity index (χ3n) is 5.71. The van der Waals surface area contributed by atoms with Crippen LogP contribution in [0.1, 0.15) is 30.0 Å². The number of hydrogen-bond acceptors (Lipinski definition) is 6. The van der Waals surface area contributed by atoms with Gasteiger partial charge in [0.2, 0.25) is 0 Å². The van der Waals surface area contributed by atoms with Gasteiger partial charge in [-0.2, -0.15) is 0 Å². The molecule has 1 unspecified atom stereocenters.